The molecule has 0 saturated heterocycles. The molecule has 0 aliphatic rings. The molecular formula is C28H58. The van der Waals surface area contributed by atoms with Crippen LogP contribution in [-0.4, -0.2) is 0 Å². The van der Waals surface area contributed by atoms with Crippen LogP contribution in [0.5, 0.6) is 0 Å². The summed E-state index contributed by atoms with van der Waals surface area (Å²) >= 11 is 0. The molecule has 0 atom stereocenters. The third kappa shape index (κ3) is 49.8. The largest absolute Gasteiger partial charge is 0.0961 e. The van der Waals surface area contributed by atoms with E-state index in [1.807, 2.05) is 40.7 Å². The summed E-state index contributed by atoms with van der Waals surface area (Å²) in [6.45, 7) is 39.5. The van der Waals surface area contributed by atoms with Crippen LogP contribution >= 0.6 is 0 Å². The molecule has 0 bridgehead atoms. The molecule has 0 unspecified atom stereocenters. The Morgan fingerprint density at radius 2 is 1.07 bits per heavy atom. The lowest BCUT2D eigenvalue weighted by Crippen LogP contribution is -2.00. The second-order valence-corrected chi connectivity index (χ2v) is 8.50. The molecule has 0 heteroatoms. The zero-order valence-electron chi connectivity index (χ0n) is 22.8. The summed E-state index contributed by atoms with van der Waals surface area (Å²) in [6, 6.07) is 0. The molecule has 28 heavy (non-hydrogen) atoms. The second-order valence-electron chi connectivity index (χ2n) is 8.50. The van der Waals surface area contributed by atoms with Gasteiger partial charge in [-0.1, -0.05) is 123 Å². The Bertz CT molecular complexity index is 402. The van der Waals surface area contributed by atoms with Gasteiger partial charge in [0.25, 0.3) is 0 Å². The molecule has 0 rings (SSSR count). The van der Waals surface area contributed by atoms with Crippen LogP contribution in [0.25, 0.3) is 0 Å². The van der Waals surface area contributed by atoms with Gasteiger partial charge in [-0.3, -0.25) is 0 Å². The van der Waals surface area contributed by atoms with E-state index in [1.54, 1.807) is 0 Å². The van der Waals surface area contributed by atoms with Crippen molar-refractivity contribution in [3.63, 3.8) is 0 Å². The smallest absolute Gasteiger partial charge is 0.0349 e. The fourth-order valence-corrected chi connectivity index (χ4v) is 0.846. The SMILES string of the molecule is C=C(C)/C=C(\C)C(=C)C.CC.CCC(C)(C)C.CCC(C)=C(C)C.CCCC. The fraction of sp³-hybridized carbons (Fsp3) is 0.714. The van der Waals surface area contributed by atoms with Gasteiger partial charge < -0.3 is 0 Å². The Morgan fingerprint density at radius 1 is 0.750 bits per heavy atom. The molecule has 0 spiro atoms. The highest BCUT2D eigenvalue weighted by Crippen LogP contribution is 2.16. The van der Waals surface area contributed by atoms with Crippen molar-refractivity contribution in [2.24, 2.45) is 5.41 Å². The highest BCUT2D eigenvalue weighted by molar-refractivity contribution is 5.30. The zero-order chi connectivity index (χ0) is 23.9. The molecule has 0 aliphatic heterocycles. The van der Waals surface area contributed by atoms with E-state index >= 15 is 0 Å². The highest BCUT2D eigenvalue weighted by atomic mass is 14.1. The molecule has 0 N–H and O–H groups in total. The van der Waals surface area contributed by atoms with E-state index in [9.17, 15) is 0 Å². The summed E-state index contributed by atoms with van der Waals surface area (Å²) in [5.41, 5.74) is 6.92. The van der Waals surface area contributed by atoms with Gasteiger partial charge in [-0.05, 0) is 59.0 Å². The maximum Gasteiger partial charge on any atom is -0.0349 e. The maximum absolute atomic E-state index is 3.80. The maximum atomic E-state index is 3.80. The fourth-order valence-electron chi connectivity index (χ4n) is 0.846. The Labute approximate surface area is 182 Å². The Balaban J connectivity index is -0.0000000841. The van der Waals surface area contributed by atoms with Gasteiger partial charge in [0.2, 0.25) is 0 Å². The molecule has 0 aliphatic carbocycles. The third-order valence-electron chi connectivity index (χ3n) is 4.08. The quantitative estimate of drug-likeness (QED) is 0.328. The second kappa shape index (κ2) is 26.0. The van der Waals surface area contributed by atoms with Crippen molar-refractivity contribution in [1.82, 2.24) is 0 Å². The molecule has 0 radical (unpaired) electrons. The van der Waals surface area contributed by atoms with Crippen molar-refractivity contribution in [2.45, 2.75) is 130 Å². The predicted molar refractivity (Wildman–Crippen MR) is 139 cm³/mol. The summed E-state index contributed by atoms with van der Waals surface area (Å²) < 4.78 is 0. The van der Waals surface area contributed by atoms with E-state index in [4.69, 9.17) is 0 Å². The molecule has 0 saturated carbocycles. The topological polar surface area (TPSA) is 0 Å². The summed E-state index contributed by atoms with van der Waals surface area (Å²) in [6.07, 6.45) is 7.14. The monoisotopic (exact) mass is 394 g/mol. The van der Waals surface area contributed by atoms with Gasteiger partial charge in [-0.15, -0.1) is 0 Å². The van der Waals surface area contributed by atoms with Gasteiger partial charge >= 0.3 is 0 Å². The lowest BCUT2D eigenvalue weighted by atomic mass is 9.94. The Hall–Kier alpha value is -1.04. The number of hydrogen-bond acceptors (Lipinski definition) is 0. The summed E-state index contributed by atoms with van der Waals surface area (Å²) in [5, 5.41) is 0. The minimum absolute atomic E-state index is 0.542. The van der Waals surface area contributed by atoms with Gasteiger partial charge in [0.15, 0.2) is 0 Å². The van der Waals surface area contributed by atoms with Crippen LogP contribution in [0.3, 0.4) is 0 Å². The van der Waals surface area contributed by atoms with Crippen LogP contribution in [0.2, 0.25) is 0 Å². The minimum Gasteiger partial charge on any atom is -0.0961 e. The molecule has 0 amide bonds. The van der Waals surface area contributed by atoms with E-state index in [0.29, 0.717) is 5.41 Å². The average molecular weight is 395 g/mol. The first-order valence-corrected chi connectivity index (χ1v) is 11.3. The van der Waals surface area contributed by atoms with Gasteiger partial charge in [-0.25, -0.2) is 0 Å². The molecule has 0 heterocycles. The lowest BCUT2D eigenvalue weighted by Gasteiger charge is -2.12. The Kier molecular flexibility index (Phi) is 34.9. The van der Waals surface area contributed by atoms with Gasteiger partial charge in [-0.2, -0.15) is 0 Å². The number of rotatable bonds is 4. The first-order chi connectivity index (χ1) is 12.7. The van der Waals surface area contributed by atoms with Gasteiger partial charge in [0.1, 0.15) is 0 Å². The van der Waals surface area contributed by atoms with Crippen LogP contribution in [0.4, 0.5) is 0 Å². The van der Waals surface area contributed by atoms with Crippen LogP contribution < -0.4 is 0 Å². The number of allylic oxidation sites excluding steroid dienone is 6. The van der Waals surface area contributed by atoms with E-state index in [2.05, 4.69) is 82.4 Å². The van der Waals surface area contributed by atoms with Crippen LogP contribution in [0.1, 0.15) is 130 Å². The van der Waals surface area contributed by atoms with Crippen molar-refractivity contribution >= 4 is 0 Å². The number of hydrogen-bond donors (Lipinski definition) is 0. The minimum atomic E-state index is 0.542. The lowest BCUT2D eigenvalue weighted by molar-refractivity contribution is 0.398. The molecule has 0 fully saturated rings. The average Bonchev–Trinajstić information content (AvgIpc) is 2.62. The van der Waals surface area contributed by atoms with E-state index < -0.39 is 0 Å². The third-order valence-corrected chi connectivity index (χ3v) is 4.08. The van der Waals surface area contributed by atoms with E-state index in [0.717, 1.165) is 11.1 Å². The normalized spacial score (nSPS) is 9.61. The van der Waals surface area contributed by atoms with E-state index in [1.165, 1.54) is 42.4 Å². The van der Waals surface area contributed by atoms with Crippen molar-refractivity contribution in [3.8, 4) is 0 Å². The first kappa shape index (κ1) is 37.7. The molecular weight excluding hydrogens is 336 g/mol. The predicted octanol–water partition coefficient (Wildman–Crippen LogP) is 11.1. The van der Waals surface area contributed by atoms with Crippen LogP contribution in [0, 0.1) is 5.41 Å². The molecule has 170 valence electrons. The highest BCUT2D eigenvalue weighted by Gasteiger charge is 2.03. The summed E-state index contributed by atoms with van der Waals surface area (Å²) in [7, 11) is 0. The Morgan fingerprint density at radius 3 is 1.11 bits per heavy atom. The van der Waals surface area contributed by atoms with Crippen molar-refractivity contribution < 1.29 is 0 Å². The van der Waals surface area contributed by atoms with Gasteiger partial charge in [0.05, 0.1) is 0 Å². The van der Waals surface area contributed by atoms with Crippen LogP contribution in [-0.2, 0) is 0 Å². The van der Waals surface area contributed by atoms with Gasteiger partial charge in [0, 0.05) is 0 Å². The number of unbranched alkanes of at least 4 members (excludes halogenated alkanes) is 1. The van der Waals surface area contributed by atoms with Crippen molar-refractivity contribution in [1.29, 1.82) is 0 Å². The van der Waals surface area contributed by atoms with Crippen LogP contribution in [0.15, 0.2) is 47.1 Å². The summed E-state index contributed by atoms with van der Waals surface area (Å²) in [5.74, 6) is 0. The molecule has 0 aromatic carbocycles. The van der Waals surface area contributed by atoms with Crippen molar-refractivity contribution in [3.05, 3.63) is 47.1 Å². The summed E-state index contributed by atoms with van der Waals surface area (Å²) in [4.78, 5) is 0. The molecule has 0 aromatic rings. The molecule has 0 aromatic heterocycles. The van der Waals surface area contributed by atoms with Crippen molar-refractivity contribution in [2.75, 3.05) is 0 Å². The van der Waals surface area contributed by atoms with E-state index in [-0.39, 0.29) is 0 Å². The first-order valence-electron chi connectivity index (χ1n) is 11.3. The zero-order valence-corrected chi connectivity index (χ0v) is 22.8. The molecule has 0 nitrogen and oxygen atoms in total. The standard InChI is InChI=1S/C9H14.C7H14.C6H14.C4H10.C2H6/c1-7(2)6-9(5)8(3)4;1-5-7(4)6(2)3;1-5-6(2,3)4;1-3-4-2;1-2/h6H,1,3H2,2,4-5H3;5H2,1-4H3;5H2,1-4H3;3-4H2,1-2H3;1-2H3/b9-6+;;;;.